The molecule has 0 fully saturated rings. The zero-order chi connectivity index (χ0) is 11.1. The summed E-state index contributed by atoms with van der Waals surface area (Å²) in [7, 11) is 0. The Kier molecular flexibility index (Phi) is 5.34. The van der Waals surface area contributed by atoms with Crippen LogP contribution in [0.5, 0.6) is 0 Å². The van der Waals surface area contributed by atoms with Crippen molar-refractivity contribution in [3.05, 3.63) is 17.2 Å². The number of rotatable bonds is 5. The summed E-state index contributed by atoms with van der Waals surface area (Å²) in [4.78, 5) is 10.9. The zero-order valence-electron chi connectivity index (χ0n) is 8.60. The SMILES string of the molecule is CCOC(=O)/C=C/CSc1nnc(C)s1. The predicted molar refractivity (Wildman–Crippen MR) is 61.1 cm³/mol. The van der Waals surface area contributed by atoms with Crippen LogP contribution in [0.3, 0.4) is 0 Å². The molecule has 1 heterocycles. The van der Waals surface area contributed by atoms with Crippen molar-refractivity contribution in [1.82, 2.24) is 10.2 Å². The molecule has 0 atom stereocenters. The van der Waals surface area contributed by atoms with Gasteiger partial charge in [-0.2, -0.15) is 0 Å². The first-order chi connectivity index (χ1) is 7.22. The van der Waals surface area contributed by atoms with Gasteiger partial charge in [0.05, 0.1) is 6.61 Å². The summed E-state index contributed by atoms with van der Waals surface area (Å²) in [6, 6.07) is 0. The number of hydrogen-bond acceptors (Lipinski definition) is 6. The fraction of sp³-hybridized carbons (Fsp3) is 0.444. The molecule has 1 aromatic rings. The maximum absolute atomic E-state index is 10.9. The third-order valence-electron chi connectivity index (χ3n) is 1.35. The molecule has 0 amide bonds. The second-order valence-corrected chi connectivity index (χ2v) is 5.00. The number of aryl methyl sites for hydroxylation is 1. The average Bonchev–Trinajstić information content (AvgIpc) is 2.60. The number of aromatic nitrogens is 2. The fourth-order valence-electron chi connectivity index (χ4n) is 0.791. The molecule has 0 N–H and O–H groups in total. The normalized spacial score (nSPS) is 10.8. The van der Waals surface area contributed by atoms with E-state index in [1.165, 1.54) is 6.08 Å². The minimum atomic E-state index is -0.299. The van der Waals surface area contributed by atoms with Gasteiger partial charge in [0, 0.05) is 11.8 Å². The molecular formula is C9H12N2O2S2. The van der Waals surface area contributed by atoms with Crippen molar-refractivity contribution in [3.63, 3.8) is 0 Å². The standard InChI is InChI=1S/C9H12N2O2S2/c1-3-13-8(12)5-4-6-14-9-11-10-7(2)15-9/h4-5H,3,6H2,1-2H3/b5-4+. The predicted octanol–water partition coefficient (Wildman–Crippen LogP) is 2.06. The monoisotopic (exact) mass is 244 g/mol. The summed E-state index contributed by atoms with van der Waals surface area (Å²) >= 11 is 3.10. The molecule has 15 heavy (non-hydrogen) atoms. The molecule has 0 aliphatic carbocycles. The number of thioether (sulfide) groups is 1. The highest BCUT2D eigenvalue weighted by molar-refractivity contribution is 8.01. The summed E-state index contributed by atoms with van der Waals surface area (Å²) in [5, 5.41) is 8.79. The molecule has 82 valence electrons. The van der Waals surface area contributed by atoms with E-state index in [9.17, 15) is 4.79 Å². The second kappa shape index (κ2) is 6.58. The van der Waals surface area contributed by atoms with Gasteiger partial charge in [0.1, 0.15) is 5.01 Å². The lowest BCUT2D eigenvalue weighted by Gasteiger charge is -1.93. The number of esters is 1. The van der Waals surface area contributed by atoms with Crippen LogP contribution in [0.2, 0.25) is 0 Å². The van der Waals surface area contributed by atoms with Gasteiger partial charge in [-0.05, 0) is 13.8 Å². The first-order valence-corrected chi connectivity index (χ1v) is 6.28. The number of carbonyl (C=O) groups excluding carboxylic acids is 1. The van der Waals surface area contributed by atoms with Crippen molar-refractivity contribution in [2.45, 2.75) is 18.2 Å². The van der Waals surface area contributed by atoms with Crippen LogP contribution in [-0.2, 0) is 9.53 Å². The van der Waals surface area contributed by atoms with Crippen molar-refractivity contribution < 1.29 is 9.53 Å². The van der Waals surface area contributed by atoms with Crippen LogP contribution >= 0.6 is 23.1 Å². The second-order valence-electron chi connectivity index (χ2n) is 2.55. The van der Waals surface area contributed by atoms with Crippen LogP contribution in [0, 0.1) is 6.92 Å². The highest BCUT2D eigenvalue weighted by Gasteiger charge is 1.99. The van der Waals surface area contributed by atoms with Crippen molar-refractivity contribution in [1.29, 1.82) is 0 Å². The van der Waals surface area contributed by atoms with Crippen LogP contribution in [0.4, 0.5) is 0 Å². The molecule has 0 aromatic carbocycles. The quantitative estimate of drug-likeness (QED) is 0.451. The summed E-state index contributed by atoms with van der Waals surface area (Å²) in [6.45, 7) is 4.10. The van der Waals surface area contributed by atoms with E-state index in [2.05, 4.69) is 10.2 Å². The molecule has 0 spiro atoms. The summed E-state index contributed by atoms with van der Waals surface area (Å²) in [5.41, 5.74) is 0. The number of ether oxygens (including phenoxy) is 1. The van der Waals surface area contributed by atoms with E-state index < -0.39 is 0 Å². The third kappa shape index (κ3) is 4.94. The van der Waals surface area contributed by atoms with E-state index in [1.54, 1.807) is 36.1 Å². The van der Waals surface area contributed by atoms with Crippen molar-refractivity contribution in [2.75, 3.05) is 12.4 Å². The molecule has 0 bridgehead atoms. The first kappa shape index (κ1) is 12.2. The Hall–Kier alpha value is -0.880. The maximum atomic E-state index is 10.9. The Bertz CT molecular complexity index is 350. The van der Waals surface area contributed by atoms with Gasteiger partial charge >= 0.3 is 5.97 Å². The van der Waals surface area contributed by atoms with E-state index >= 15 is 0 Å². The van der Waals surface area contributed by atoms with Gasteiger partial charge in [-0.1, -0.05) is 29.2 Å². The number of nitrogens with zero attached hydrogens (tertiary/aromatic N) is 2. The molecule has 0 radical (unpaired) electrons. The zero-order valence-corrected chi connectivity index (χ0v) is 10.2. The average molecular weight is 244 g/mol. The molecule has 4 nitrogen and oxygen atoms in total. The van der Waals surface area contributed by atoms with Crippen LogP contribution < -0.4 is 0 Å². The van der Waals surface area contributed by atoms with Gasteiger partial charge in [0.2, 0.25) is 0 Å². The minimum Gasteiger partial charge on any atom is -0.463 e. The molecule has 0 aliphatic rings. The minimum absolute atomic E-state index is 0.299. The number of carbonyl (C=O) groups is 1. The lowest BCUT2D eigenvalue weighted by atomic mass is 10.5. The molecule has 1 aromatic heterocycles. The summed E-state index contributed by atoms with van der Waals surface area (Å²) in [6.07, 6.45) is 3.20. The van der Waals surface area contributed by atoms with Gasteiger partial charge in [0.25, 0.3) is 0 Å². The van der Waals surface area contributed by atoms with Crippen molar-refractivity contribution in [2.24, 2.45) is 0 Å². The van der Waals surface area contributed by atoms with Gasteiger partial charge < -0.3 is 4.74 Å². The lowest BCUT2D eigenvalue weighted by Crippen LogP contribution is -1.98. The van der Waals surface area contributed by atoms with Crippen molar-refractivity contribution in [3.8, 4) is 0 Å². The molecule has 6 heteroatoms. The van der Waals surface area contributed by atoms with E-state index in [4.69, 9.17) is 4.74 Å². The van der Waals surface area contributed by atoms with Crippen LogP contribution in [0.15, 0.2) is 16.5 Å². The third-order valence-corrected chi connectivity index (χ3v) is 3.28. The Balaban J connectivity index is 2.24. The van der Waals surface area contributed by atoms with E-state index in [1.807, 2.05) is 6.92 Å². The molecular weight excluding hydrogens is 232 g/mol. The van der Waals surface area contributed by atoms with E-state index in [0.717, 1.165) is 9.35 Å². The highest BCUT2D eigenvalue weighted by atomic mass is 32.2. The van der Waals surface area contributed by atoms with Gasteiger partial charge in [-0.25, -0.2) is 4.79 Å². The fourth-order valence-corrected chi connectivity index (χ4v) is 2.44. The smallest absolute Gasteiger partial charge is 0.330 e. The molecule has 0 saturated heterocycles. The topological polar surface area (TPSA) is 52.1 Å². The maximum Gasteiger partial charge on any atom is 0.330 e. The van der Waals surface area contributed by atoms with Gasteiger partial charge in [-0.3, -0.25) is 0 Å². The van der Waals surface area contributed by atoms with Crippen LogP contribution in [-0.4, -0.2) is 28.5 Å². The van der Waals surface area contributed by atoms with Crippen LogP contribution in [0.1, 0.15) is 11.9 Å². The number of hydrogen-bond donors (Lipinski definition) is 0. The molecule has 1 rings (SSSR count). The molecule has 0 saturated carbocycles. The summed E-state index contributed by atoms with van der Waals surface area (Å²) < 4.78 is 5.66. The Labute approximate surface area is 96.7 Å². The lowest BCUT2D eigenvalue weighted by molar-refractivity contribution is -0.137. The Morgan fingerprint density at radius 2 is 2.40 bits per heavy atom. The molecule has 0 aliphatic heterocycles. The highest BCUT2D eigenvalue weighted by Crippen LogP contribution is 2.21. The molecule has 0 unspecified atom stereocenters. The van der Waals surface area contributed by atoms with Gasteiger partial charge in [0.15, 0.2) is 4.34 Å². The Morgan fingerprint density at radius 1 is 1.60 bits per heavy atom. The van der Waals surface area contributed by atoms with E-state index in [-0.39, 0.29) is 5.97 Å². The van der Waals surface area contributed by atoms with Crippen LogP contribution in [0.25, 0.3) is 0 Å². The van der Waals surface area contributed by atoms with Crippen molar-refractivity contribution >= 4 is 29.1 Å². The van der Waals surface area contributed by atoms with E-state index in [0.29, 0.717) is 12.4 Å². The summed E-state index contributed by atoms with van der Waals surface area (Å²) in [5.74, 6) is 0.402. The first-order valence-electron chi connectivity index (χ1n) is 4.48. The Morgan fingerprint density at radius 3 is 3.00 bits per heavy atom. The van der Waals surface area contributed by atoms with Gasteiger partial charge in [-0.15, -0.1) is 10.2 Å². The largest absolute Gasteiger partial charge is 0.463 e.